The minimum absolute atomic E-state index is 0.138. The van der Waals surface area contributed by atoms with Crippen molar-refractivity contribution in [2.45, 2.75) is 20.3 Å². The molecule has 0 radical (unpaired) electrons. The summed E-state index contributed by atoms with van der Waals surface area (Å²) in [6.07, 6.45) is 0.781. The zero-order valence-electron chi connectivity index (χ0n) is 7.95. The van der Waals surface area contributed by atoms with E-state index >= 15 is 0 Å². The summed E-state index contributed by atoms with van der Waals surface area (Å²) in [5.74, 6) is -0.138. The predicted molar refractivity (Wildman–Crippen MR) is 54.0 cm³/mol. The van der Waals surface area contributed by atoms with Gasteiger partial charge in [0.2, 0.25) is 5.91 Å². The Morgan fingerprint density at radius 2 is 1.92 bits per heavy atom. The molecule has 13 heavy (non-hydrogen) atoms. The van der Waals surface area contributed by atoms with Crippen molar-refractivity contribution in [1.82, 2.24) is 0 Å². The fourth-order valence-corrected chi connectivity index (χ4v) is 1.17. The molecule has 1 rings (SSSR count). The molecule has 2 nitrogen and oxygen atoms in total. The molecular weight excluding hydrogens is 162 g/mol. The molecule has 2 heteroatoms. The first-order chi connectivity index (χ1) is 6.24. The lowest BCUT2D eigenvalue weighted by molar-refractivity contribution is -0.115. The molecule has 0 saturated carbocycles. The lowest BCUT2D eigenvalue weighted by Crippen LogP contribution is -2.01. The Balaban J connectivity index is 2.98. The van der Waals surface area contributed by atoms with Gasteiger partial charge in [0.05, 0.1) is 5.71 Å². The smallest absolute Gasteiger partial charge is 0.242 e. The van der Waals surface area contributed by atoms with Crippen molar-refractivity contribution in [1.29, 1.82) is 0 Å². The summed E-state index contributed by atoms with van der Waals surface area (Å²) >= 11 is 0. The first-order valence-corrected chi connectivity index (χ1v) is 4.37. The molecule has 1 aromatic rings. The first-order valence-electron chi connectivity index (χ1n) is 4.37. The Morgan fingerprint density at radius 3 is 2.38 bits per heavy atom. The second-order valence-corrected chi connectivity index (χ2v) is 2.80. The van der Waals surface area contributed by atoms with Gasteiger partial charge in [-0.05, 0) is 12.0 Å². The Hall–Kier alpha value is -1.44. The van der Waals surface area contributed by atoms with Gasteiger partial charge in [0.1, 0.15) is 0 Å². The number of nitrogens with zero attached hydrogens (tertiary/aromatic N) is 1. The number of benzene rings is 1. The maximum absolute atomic E-state index is 10.8. The maximum atomic E-state index is 10.8. The van der Waals surface area contributed by atoms with Crippen LogP contribution in [0.15, 0.2) is 35.3 Å². The van der Waals surface area contributed by atoms with Gasteiger partial charge in [-0.2, -0.15) is 0 Å². The molecule has 0 spiro atoms. The zero-order valence-corrected chi connectivity index (χ0v) is 7.95. The summed E-state index contributed by atoms with van der Waals surface area (Å²) in [6, 6.07) is 9.77. The van der Waals surface area contributed by atoms with Gasteiger partial charge in [-0.3, -0.25) is 4.79 Å². The third-order valence-electron chi connectivity index (χ3n) is 1.73. The molecule has 0 aliphatic carbocycles. The molecule has 1 aromatic carbocycles. The molecule has 0 aliphatic heterocycles. The zero-order chi connectivity index (χ0) is 9.68. The minimum Gasteiger partial charge on any atom is -0.273 e. The average molecular weight is 175 g/mol. The van der Waals surface area contributed by atoms with Crippen LogP contribution in [0.5, 0.6) is 0 Å². The van der Waals surface area contributed by atoms with Crippen LogP contribution in [-0.2, 0) is 4.79 Å². The van der Waals surface area contributed by atoms with Crippen molar-refractivity contribution in [3.05, 3.63) is 35.9 Å². The summed E-state index contributed by atoms with van der Waals surface area (Å²) in [5.41, 5.74) is 1.88. The molecular formula is C11H13NO. The van der Waals surface area contributed by atoms with E-state index in [1.807, 2.05) is 37.3 Å². The van der Waals surface area contributed by atoms with E-state index in [0.29, 0.717) is 0 Å². The van der Waals surface area contributed by atoms with Gasteiger partial charge in [0.15, 0.2) is 0 Å². The molecule has 0 unspecified atom stereocenters. The molecule has 0 aliphatic rings. The maximum Gasteiger partial charge on any atom is 0.242 e. The van der Waals surface area contributed by atoms with Crippen LogP contribution in [0.2, 0.25) is 0 Å². The van der Waals surface area contributed by atoms with E-state index in [-0.39, 0.29) is 5.91 Å². The first kappa shape index (κ1) is 9.65. The highest BCUT2D eigenvalue weighted by Crippen LogP contribution is 2.04. The second kappa shape index (κ2) is 4.55. The van der Waals surface area contributed by atoms with Crippen molar-refractivity contribution in [2.75, 3.05) is 0 Å². The van der Waals surface area contributed by atoms with Gasteiger partial charge in [-0.15, -0.1) is 0 Å². The summed E-state index contributed by atoms with van der Waals surface area (Å²) in [5, 5.41) is 0. The average Bonchev–Trinajstić information content (AvgIpc) is 2.15. The fourth-order valence-electron chi connectivity index (χ4n) is 1.17. The number of amides is 1. The number of hydrogen-bond acceptors (Lipinski definition) is 1. The Labute approximate surface area is 78.3 Å². The van der Waals surface area contributed by atoms with E-state index in [4.69, 9.17) is 0 Å². The van der Waals surface area contributed by atoms with E-state index in [2.05, 4.69) is 4.99 Å². The summed E-state index contributed by atoms with van der Waals surface area (Å²) in [6.45, 7) is 3.47. The highest BCUT2D eigenvalue weighted by Gasteiger charge is 2.00. The monoisotopic (exact) mass is 175 g/mol. The lowest BCUT2D eigenvalue weighted by atomic mass is 10.1. The quantitative estimate of drug-likeness (QED) is 0.635. The van der Waals surface area contributed by atoms with E-state index < -0.39 is 0 Å². The van der Waals surface area contributed by atoms with Crippen molar-refractivity contribution >= 4 is 11.6 Å². The van der Waals surface area contributed by atoms with Crippen molar-refractivity contribution in [3.63, 3.8) is 0 Å². The Kier molecular flexibility index (Phi) is 3.38. The van der Waals surface area contributed by atoms with Crippen LogP contribution in [0.4, 0.5) is 0 Å². The number of aliphatic imine (C=N–C) groups is 1. The normalized spacial score (nSPS) is 11.4. The van der Waals surface area contributed by atoms with Gasteiger partial charge < -0.3 is 0 Å². The number of carbonyl (C=O) groups is 1. The van der Waals surface area contributed by atoms with Crippen LogP contribution in [0.1, 0.15) is 25.8 Å². The SMILES string of the molecule is CCC(=NC(C)=O)c1ccccc1. The minimum atomic E-state index is -0.138. The van der Waals surface area contributed by atoms with Crippen LogP contribution in [0.25, 0.3) is 0 Å². The van der Waals surface area contributed by atoms with Crippen LogP contribution in [0, 0.1) is 0 Å². The molecule has 0 atom stereocenters. The molecule has 1 amide bonds. The van der Waals surface area contributed by atoms with Crippen molar-refractivity contribution < 1.29 is 4.79 Å². The molecule has 0 saturated heterocycles. The summed E-state index contributed by atoms with van der Waals surface area (Å²) in [7, 11) is 0. The molecule has 0 N–H and O–H groups in total. The summed E-state index contributed by atoms with van der Waals surface area (Å²) in [4.78, 5) is 14.7. The van der Waals surface area contributed by atoms with E-state index in [1.165, 1.54) is 6.92 Å². The molecule has 0 bridgehead atoms. The molecule has 0 heterocycles. The van der Waals surface area contributed by atoms with E-state index in [9.17, 15) is 4.79 Å². The van der Waals surface area contributed by atoms with Gasteiger partial charge in [0.25, 0.3) is 0 Å². The van der Waals surface area contributed by atoms with Gasteiger partial charge >= 0.3 is 0 Å². The third kappa shape index (κ3) is 2.82. The van der Waals surface area contributed by atoms with Crippen LogP contribution in [-0.4, -0.2) is 11.6 Å². The van der Waals surface area contributed by atoms with Gasteiger partial charge in [0, 0.05) is 6.92 Å². The van der Waals surface area contributed by atoms with Crippen LogP contribution >= 0.6 is 0 Å². The standard InChI is InChI=1S/C11H13NO/c1-3-11(12-9(2)13)10-7-5-4-6-8-10/h4-8H,3H2,1-2H3. The number of rotatable bonds is 2. The van der Waals surface area contributed by atoms with E-state index in [0.717, 1.165) is 17.7 Å². The third-order valence-corrected chi connectivity index (χ3v) is 1.73. The van der Waals surface area contributed by atoms with Gasteiger partial charge in [-0.25, -0.2) is 4.99 Å². The Bertz CT molecular complexity index is 314. The fraction of sp³-hybridized carbons (Fsp3) is 0.273. The largest absolute Gasteiger partial charge is 0.273 e. The van der Waals surface area contributed by atoms with Crippen molar-refractivity contribution in [2.24, 2.45) is 4.99 Å². The molecule has 68 valence electrons. The predicted octanol–water partition coefficient (Wildman–Crippen LogP) is 2.43. The highest BCUT2D eigenvalue weighted by atomic mass is 16.1. The number of hydrogen-bond donors (Lipinski definition) is 0. The van der Waals surface area contributed by atoms with Gasteiger partial charge in [-0.1, -0.05) is 37.3 Å². The second-order valence-electron chi connectivity index (χ2n) is 2.80. The number of carbonyl (C=O) groups excluding carboxylic acids is 1. The topological polar surface area (TPSA) is 29.4 Å². The van der Waals surface area contributed by atoms with E-state index in [1.54, 1.807) is 0 Å². The lowest BCUT2D eigenvalue weighted by Gasteiger charge is -2.01. The molecule has 0 fully saturated rings. The van der Waals surface area contributed by atoms with Crippen molar-refractivity contribution in [3.8, 4) is 0 Å². The molecule has 0 aromatic heterocycles. The summed E-state index contributed by atoms with van der Waals surface area (Å²) < 4.78 is 0. The Morgan fingerprint density at radius 1 is 1.31 bits per heavy atom. The van der Waals surface area contributed by atoms with Crippen LogP contribution < -0.4 is 0 Å². The van der Waals surface area contributed by atoms with Crippen LogP contribution in [0.3, 0.4) is 0 Å². The highest BCUT2D eigenvalue weighted by molar-refractivity contribution is 6.05.